The van der Waals surface area contributed by atoms with Gasteiger partial charge in [-0.1, -0.05) is 62.4 Å². The van der Waals surface area contributed by atoms with Gasteiger partial charge < -0.3 is 10.6 Å². The van der Waals surface area contributed by atoms with Crippen molar-refractivity contribution in [3.63, 3.8) is 0 Å². The molecular weight excluding hydrogens is 307 g/mol. The van der Waals surface area contributed by atoms with Crippen molar-refractivity contribution in [3.8, 4) is 0 Å². The maximum Gasteiger partial charge on any atom is 0.238 e. The Kier molecular flexibility index (Phi) is 8.74. The van der Waals surface area contributed by atoms with Gasteiger partial charge in [0.1, 0.15) is 0 Å². The van der Waals surface area contributed by atoms with Gasteiger partial charge in [-0.05, 0) is 25.0 Å². The summed E-state index contributed by atoms with van der Waals surface area (Å²) >= 11 is 12.1. The first-order valence-corrected chi connectivity index (χ1v) is 8.31. The van der Waals surface area contributed by atoms with Crippen LogP contribution >= 0.6 is 23.2 Å². The second kappa shape index (κ2) is 10.0. The zero-order chi connectivity index (χ0) is 15.7. The lowest BCUT2D eigenvalue weighted by molar-refractivity contribution is -0.115. The summed E-state index contributed by atoms with van der Waals surface area (Å²) in [5.74, 6) is -0.123. The van der Waals surface area contributed by atoms with Crippen molar-refractivity contribution in [2.24, 2.45) is 0 Å². The third-order valence-electron chi connectivity index (χ3n) is 3.32. The Morgan fingerprint density at radius 3 is 2.38 bits per heavy atom. The number of hydrogen-bond acceptors (Lipinski definition) is 2. The molecule has 0 fully saturated rings. The Bertz CT molecular complexity index is 432. The van der Waals surface area contributed by atoms with E-state index >= 15 is 0 Å². The van der Waals surface area contributed by atoms with Crippen LogP contribution in [-0.2, 0) is 4.79 Å². The van der Waals surface area contributed by atoms with E-state index in [0.717, 1.165) is 19.3 Å². The molecule has 0 aliphatic carbocycles. The Hall–Kier alpha value is -0.770. The van der Waals surface area contributed by atoms with Crippen LogP contribution in [0.25, 0.3) is 0 Å². The maximum atomic E-state index is 12.0. The highest BCUT2D eigenvalue weighted by Gasteiger charge is 2.12. The number of unbranched alkanes of at least 4 members (excludes halogenated alkanes) is 1. The lowest BCUT2D eigenvalue weighted by Crippen LogP contribution is -2.36. The number of carbonyl (C=O) groups is 1. The summed E-state index contributed by atoms with van der Waals surface area (Å²) < 4.78 is 0. The van der Waals surface area contributed by atoms with Crippen LogP contribution in [0.3, 0.4) is 0 Å². The van der Waals surface area contributed by atoms with Crippen LogP contribution in [-0.4, -0.2) is 18.5 Å². The van der Waals surface area contributed by atoms with Gasteiger partial charge in [0, 0.05) is 6.04 Å². The number of nitrogens with one attached hydrogen (secondary N) is 2. The summed E-state index contributed by atoms with van der Waals surface area (Å²) in [5, 5.41) is 6.98. The molecule has 0 bridgehead atoms. The Balaban J connectivity index is 2.49. The molecule has 0 saturated heterocycles. The summed E-state index contributed by atoms with van der Waals surface area (Å²) in [4.78, 5) is 12.0. The maximum absolute atomic E-state index is 12.0. The Morgan fingerprint density at radius 2 is 1.81 bits per heavy atom. The van der Waals surface area contributed by atoms with Gasteiger partial charge in [-0.15, -0.1) is 0 Å². The van der Waals surface area contributed by atoms with Crippen molar-refractivity contribution >= 4 is 34.8 Å². The second-order valence-electron chi connectivity index (χ2n) is 5.15. The normalized spacial score (nSPS) is 12.2. The van der Waals surface area contributed by atoms with Crippen molar-refractivity contribution in [3.05, 3.63) is 28.2 Å². The molecule has 0 heterocycles. The van der Waals surface area contributed by atoms with E-state index < -0.39 is 0 Å². The molecule has 0 radical (unpaired) electrons. The number of halogens is 2. The van der Waals surface area contributed by atoms with Gasteiger partial charge in [-0.2, -0.15) is 0 Å². The largest absolute Gasteiger partial charge is 0.322 e. The lowest BCUT2D eigenvalue weighted by atomic mass is 10.1. The molecule has 2 N–H and O–H groups in total. The zero-order valence-electron chi connectivity index (χ0n) is 12.7. The van der Waals surface area contributed by atoms with Gasteiger partial charge in [-0.25, -0.2) is 0 Å². The molecule has 118 valence electrons. The summed E-state index contributed by atoms with van der Waals surface area (Å²) in [6.45, 7) is 4.61. The third kappa shape index (κ3) is 6.68. The van der Waals surface area contributed by atoms with Gasteiger partial charge in [0.05, 0.1) is 22.3 Å². The molecule has 1 unspecified atom stereocenters. The van der Waals surface area contributed by atoms with Crippen molar-refractivity contribution in [1.82, 2.24) is 5.32 Å². The van der Waals surface area contributed by atoms with Crippen molar-refractivity contribution in [2.75, 3.05) is 11.9 Å². The van der Waals surface area contributed by atoms with Crippen LogP contribution in [0.15, 0.2) is 18.2 Å². The Labute approximate surface area is 137 Å². The number of rotatable bonds is 9. The summed E-state index contributed by atoms with van der Waals surface area (Å²) in [5.41, 5.74) is 0.480. The average Bonchev–Trinajstić information content (AvgIpc) is 2.46. The molecule has 1 atom stereocenters. The fraction of sp³-hybridized carbons (Fsp3) is 0.562. The van der Waals surface area contributed by atoms with E-state index in [1.807, 2.05) is 0 Å². The van der Waals surface area contributed by atoms with E-state index in [0.29, 0.717) is 21.8 Å². The predicted molar refractivity (Wildman–Crippen MR) is 91.3 cm³/mol. The van der Waals surface area contributed by atoms with Gasteiger partial charge >= 0.3 is 0 Å². The van der Waals surface area contributed by atoms with Crippen LogP contribution in [0.2, 0.25) is 10.0 Å². The molecular formula is C16H24Cl2N2O. The molecule has 21 heavy (non-hydrogen) atoms. The fourth-order valence-corrected chi connectivity index (χ4v) is 2.68. The van der Waals surface area contributed by atoms with Crippen LogP contribution in [0.1, 0.15) is 46.0 Å². The van der Waals surface area contributed by atoms with E-state index in [9.17, 15) is 4.79 Å². The van der Waals surface area contributed by atoms with E-state index in [1.54, 1.807) is 18.2 Å². The number of para-hydroxylation sites is 1. The number of amides is 1. The van der Waals surface area contributed by atoms with Gasteiger partial charge in [0.25, 0.3) is 0 Å². The molecule has 1 aromatic carbocycles. The number of benzene rings is 1. The van der Waals surface area contributed by atoms with Crippen LogP contribution in [0.5, 0.6) is 0 Å². The van der Waals surface area contributed by atoms with Crippen LogP contribution < -0.4 is 10.6 Å². The summed E-state index contributed by atoms with van der Waals surface area (Å²) in [6, 6.07) is 5.55. The highest BCUT2D eigenvalue weighted by molar-refractivity contribution is 6.39. The molecule has 1 amide bonds. The SMILES string of the molecule is CCCCC(CCC)NCC(=O)Nc1c(Cl)cccc1Cl. The van der Waals surface area contributed by atoms with Crippen molar-refractivity contribution in [1.29, 1.82) is 0 Å². The van der Waals surface area contributed by atoms with E-state index in [2.05, 4.69) is 24.5 Å². The smallest absolute Gasteiger partial charge is 0.238 e. The molecule has 1 rings (SSSR count). The van der Waals surface area contributed by atoms with E-state index in [1.165, 1.54) is 12.8 Å². The van der Waals surface area contributed by atoms with Gasteiger partial charge in [0.2, 0.25) is 5.91 Å². The predicted octanol–water partition coefficient (Wildman–Crippen LogP) is 4.88. The second-order valence-corrected chi connectivity index (χ2v) is 5.97. The number of hydrogen-bond donors (Lipinski definition) is 2. The number of carbonyl (C=O) groups excluding carboxylic acids is 1. The first-order valence-electron chi connectivity index (χ1n) is 7.55. The van der Waals surface area contributed by atoms with Gasteiger partial charge in [0.15, 0.2) is 0 Å². The molecule has 0 saturated carbocycles. The highest BCUT2D eigenvalue weighted by Crippen LogP contribution is 2.29. The van der Waals surface area contributed by atoms with E-state index in [-0.39, 0.29) is 12.5 Å². The summed E-state index contributed by atoms with van der Waals surface area (Å²) in [7, 11) is 0. The quantitative estimate of drug-likeness (QED) is 0.677. The molecule has 5 heteroatoms. The van der Waals surface area contributed by atoms with Crippen molar-refractivity contribution < 1.29 is 4.79 Å². The number of anilines is 1. The van der Waals surface area contributed by atoms with Crippen LogP contribution in [0.4, 0.5) is 5.69 Å². The summed E-state index contributed by atoms with van der Waals surface area (Å²) in [6.07, 6.45) is 5.64. The topological polar surface area (TPSA) is 41.1 Å². The minimum absolute atomic E-state index is 0.123. The minimum Gasteiger partial charge on any atom is -0.322 e. The average molecular weight is 331 g/mol. The first-order chi connectivity index (χ1) is 10.1. The highest BCUT2D eigenvalue weighted by atomic mass is 35.5. The standard InChI is InChI=1S/C16H24Cl2N2O/c1-3-5-8-12(7-4-2)19-11-15(21)20-16-13(17)9-6-10-14(16)18/h6,9-10,12,19H,3-5,7-8,11H2,1-2H3,(H,20,21). The molecule has 0 aliphatic rings. The molecule has 0 spiro atoms. The molecule has 1 aromatic rings. The molecule has 0 aromatic heterocycles. The van der Waals surface area contributed by atoms with Crippen LogP contribution in [0, 0.1) is 0 Å². The lowest BCUT2D eigenvalue weighted by Gasteiger charge is -2.18. The molecule has 3 nitrogen and oxygen atoms in total. The van der Waals surface area contributed by atoms with E-state index in [4.69, 9.17) is 23.2 Å². The third-order valence-corrected chi connectivity index (χ3v) is 3.95. The van der Waals surface area contributed by atoms with Gasteiger partial charge in [-0.3, -0.25) is 4.79 Å². The zero-order valence-corrected chi connectivity index (χ0v) is 14.2. The Morgan fingerprint density at radius 1 is 1.14 bits per heavy atom. The fourth-order valence-electron chi connectivity index (χ4n) is 2.19. The monoisotopic (exact) mass is 330 g/mol. The molecule has 0 aliphatic heterocycles. The minimum atomic E-state index is -0.123. The first kappa shape index (κ1) is 18.3. The van der Waals surface area contributed by atoms with Crippen molar-refractivity contribution in [2.45, 2.75) is 52.0 Å².